The number of benzene rings is 1. The van der Waals surface area contributed by atoms with Crippen LogP contribution in [-0.2, 0) is 9.47 Å². The van der Waals surface area contributed by atoms with E-state index in [4.69, 9.17) is 4.74 Å². The quantitative estimate of drug-likeness (QED) is 0.829. The van der Waals surface area contributed by atoms with Crippen molar-refractivity contribution in [2.24, 2.45) is 0 Å². The molecule has 24 heavy (non-hydrogen) atoms. The summed E-state index contributed by atoms with van der Waals surface area (Å²) in [4.78, 5) is 27.7. The molecule has 7 heteroatoms. The lowest BCUT2D eigenvalue weighted by Crippen LogP contribution is -2.39. The fraction of sp³-hybridized carbons (Fsp3) is 0.529. The molecule has 7 nitrogen and oxygen atoms in total. The van der Waals surface area contributed by atoms with Gasteiger partial charge in [0.05, 0.1) is 19.3 Å². The maximum Gasteiger partial charge on any atom is 0.337 e. The molecule has 2 amide bonds. The highest BCUT2D eigenvalue weighted by atomic mass is 16.5. The number of anilines is 1. The number of nitrogens with one attached hydrogen (secondary N) is 1. The van der Waals surface area contributed by atoms with Crippen LogP contribution in [0.25, 0.3) is 0 Å². The van der Waals surface area contributed by atoms with Gasteiger partial charge in [-0.25, -0.2) is 9.59 Å². The van der Waals surface area contributed by atoms with E-state index >= 15 is 0 Å². The predicted molar refractivity (Wildman–Crippen MR) is 91.3 cm³/mol. The summed E-state index contributed by atoms with van der Waals surface area (Å²) in [5.41, 5.74) is 0.973. The van der Waals surface area contributed by atoms with Crippen LogP contribution < -0.4 is 5.32 Å². The first kappa shape index (κ1) is 18.2. The van der Waals surface area contributed by atoms with E-state index in [0.717, 1.165) is 39.3 Å². The Bertz CT molecular complexity index is 557. The van der Waals surface area contributed by atoms with Crippen LogP contribution in [0.3, 0.4) is 0 Å². The lowest BCUT2D eigenvalue weighted by molar-refractivity contribution is 0.0600. The fourth-order valence-electron chi connectivity index (χ4n) is 2.47. The van der Waals surface area contributed by atoms with E-state index in [1.807, 2.05) is 0 Å². The number of amides is 2. The van der Waals surface area contributed by atoms with Gasteiger partial charge in [-0.3, -0.25) is 4.90 Å². The second-order valence-corrected chi connectivity index (χ2v) is 5.73. The van der Waals surface area contributed by atoms with Crippen molar-refractivity contribution < 1.29 is 19.1 Å². The average molecular weight is 335 g/mol. The molecule has 1 aliphatic rings. The van der Waals surface area contributed by atoms with E-state index < -0.39 is 5.97 Å². The molecule has 1 aromatic carbocycles. The molecule has 1 aliphatic heterocycles. The number of methoxy groups -OCH3 is 1. The Balaban J connectivity index is 1.83. The first-order valence-corrected chi connectivity index (χ1v) is 8.11. The lowest BCUT2D eigenvalue weighted by Gasteiger charge is -2.24. The Kier molecular flexibility index (Phi) is 7.02. The maximum atomic E-state index is 12.3. The smallest absolute Gasteiger partial charge is 0.337 e. The van der Waals surface area contributed by atoms with Crippen LogP contribution in [0.2, 0.25) is 0 Å². The summed E-state index contributed by atoms with van der Waals surface area (Å²) in [6.07, 6.45) is 1.02. The number of esters is 1. The number of likely N-dealkylation sites (N-methyl/N-ethyl adjacent to an activating group) is 1. The standard InChI is InChI=1S/C17H25N3O4/c1-19(8-9-20-7-4-11-24-12-10-20)17(22)18-15-6-3-5-14(13-15)16(21)23-2/h3,5-6,13H,4,7-12H2,1-2H3,(H,18,22). The van der Waals surface area contributed by atoms with Gasteiger partial charge in [0.2, 0.25) is 0 Å². The van der Waals surface area contributed by atoms with Gasteiger partial charge in [-0.2, -0.15) is 0 Å². The van der Waals surface area contributed by atoms with Crippen molar-refractivity contribution in [3.05, 3.63) is 29.8 Å². The Labute approximate surface area is 142 Å². The highest BCUT2D eigenvalue weighted by Gasteiger charge is 2.14. The van der Waals surface area contributed by atoms with Crippen molar-refractivity contribution in [3.63, 3.8) is 0 Å². The molecule has 0 radical (unpaired) electrons. The van der Waals surface area contributed by atoms with Gasteiger partial charge in [0.15, 0.2) is 0 Å². The second kappa shape index (κ2) is 9.24. The van der Waals surface area contributed by atoms with E-state index in [9.17, 15) is 9.59 Å². The number of hydrogen-bond donors (Lipinski definition) is 1. The molecule has 0 spiro atoms. The summed E-state index contributed by atoms with van der Waals surface area (Å²) in [5, 5.41) is 2.80. The molecule has 0 atom stereocenters. The van der Waals surface area contributed by atoms with Crippen molar-refractivity contribution in [3.8, 4) is 0 Å². The first-order valence-electron chi connectivity index (χ1n) is 8.11. The van der Waals surface area contributed by atoms with Crippen LogP contribution in [0.1, 0.15) is 16.8 Å². The summed E-state index contributed by atoms with van der Waals surface area (Å²) < 4.78 is 10.1. The normalized spacial score (nSPS) is 15.4. The molecule has 0 aliphatic carbocycles. The first-order chi connectivity index (χ1) is 11.6. The predicted octanol–water partition coefficient (Wildman–Crippen LogP) is 1.66. The zero-order chi connectivity index (χ0) is 17.4. The molecule has 132 valence electrons. The molecular weight excluding hydrogens is 310 g/mol. The SMILES string of the molecule is COC(=O)c1cccc(NC(=O)N(C)CCN2CCCOCC2)c1. The zero-order valence-corrected chi connectivity index (χ0v) is 14.3. The van der Waals surface area contributed by atoms with E-state index in [0.29, 0.717) is 17.8 Å². The molecule has 1 fully saturated rings. The number of carbonyl (C=O) groups excluding carboxylic acids is 2. The summed E-state index contributed by atoms with van der Waals surface area (Å²) in [6.45, 7) is 4.89. The van der Waals surface area contributed by atoms with E-state index in [1.54, 1.807) is 36.2 Å². The Morgan fingerprint density at radius 2 is 2.17 bits per heavy atom. The van der Waals surface area contributed by atoms with Crippen molar-refractivity contribution in [2.75, 3.05) is 58.9 Å². The van der Waals surface area contributed by atoms with Gasteiger partial charge >= 0.3 is 12.0 Å². The van der Waals surface area contributed by atoms with Gasteiger partial charge < -0.3 is 19.7 Å². The van der Waals surface area contributed by atoms with E-state index in [-0.39, 0.29) is 6.03 Å². The van der Waals surface area contributed by atoms with Gasteiger partial charge in [0, 0.05) is 45.5 Å². The van der Waals surface area contributed by atoms with Crippen LogP contribution in [0, 0.1) is 0 Å². The molecule has 0 aromatic heterocycles. The third-order valence-corrected chi connectivity index (χ3v) is 3.95. The zero-order valence-electron chi connectivity index (χ0n) is 14.3. The van der Waals surface area contributed by atoms with Crippen LogP contribution in [0.5, 0.6) is 0 Å². The van der Waals surface area contributed by atoms with Gasteiger partial charge in [-0.05, 0) is 24.6 Å². The lowest BCUT2D eigenvalue weighted by atomic mass is 10.2. The largest absolute Gasteiger partial charge is 0.465 e. The molecule has 1 heterocycles. The fourth-order valence-corrected chi connectivity index (χ4v) is 2.47. The maximum absolute atomic E-state index is 12.3. The number of urea groups is 1. The molecule has 1 N–H and O–H groups in total. The molecule has 0 bridgehead atoms. The van der Waals surface area contributed by atoms with Gasteiger partial charge in [0.1, 0.15) is 0 Å². The highest BCUT2D eigenvalue weighted by Crippen LogP contribution is 2.12. The van der Waals surface area contributed by atoms with Crippen LogP contribution in [0.4, 0.5) is 10.5 Å². The van der Waals surface area contributed by atoms with Crippen molar-refractivity contribution in [1.29, 1.82) is 0 Å². The van der Waals surface area contributed by atoms with Gasteiger partial charge in [-0.15, -0.1) is 0 Å². The molecule has 0 unspecified atom stereocenters. The minimum Gasteiger partial charge on any atom is -0.465 e. The monoisotopic (exact) mass is 335 g/mol. The van der Waals surface area contributed by atoms with Gasteiger partial charge in [-0.1, -0.05) is 6.07 Å². The number of ether oxygens (including phenoxy) is 2. The summed E-state index contributed by atoms with van der Waals surface area (Å²) in [5.74, 6) is -0.428. The van der Waals surface area contributed by atoms with Crippen LogP contribution >= 0.6 is 0 Å². The molecular formula is C17H25N3O4. The summed E-state index contributed by atoms with van der Waals surface area (Å²) in [6, 6.07) is 6.49. The third-order valence-electron chi connectivity index (χ3n) is 3.95. The molecule has 1 aromatic rings. The minimum atomic E-state index is -0.428. The van der Waals surface area contributed by atoms with E-state index in [1.165, 1.54) is 7.11 Å². The third kappa shape index (κ3) is 5.50. The average Bonchev–Trinajstić information content (AvgIpc) is 2.87. The molecule has 0 saturated carbocycles. The molecule has 1 saturated heterocycles. The minimum absolute atomic E-state index is 0.205. The van der Waals surface area contributed by atoms with E-state index in [2.05, 4.69) is 15.0 Å². The Morgan fingerprint density at radius 1 is 1.33 bits per heavy atom. The Hall–Kier alpha value is -2.12. The summed E-state index contributed by atoms with van der Waals surface area (Å²) >= 11 is 0. The molecule has 2 rings (SSSR count). The second-order valence-electron chi connectivity index (χ2n) is 5.73. The van der Waals surface area contributed by atoms with Crippen molar-refractivity contribution in [1.82, 2.24) is 9.80 Å². The Morgan fingerprint density at radius 3 is 2.96 bits per heavy atom. The number of rotatable bonds is 5. The van der Waals surface area contributed by atoms with Crippen molar-refractivity contribution >= 4 is 17.7 Å². The number of nitrogens with zero attached hydrogens (tertiary/aromatic N) is 2. The van der Waals surface area contributed by atoms with Gasteiger partial charge in [0.25, 0.3) is 0 Å². The van der Waals surface area contributed by atoms with Crippen molar-refractivity contribution in [2.45, 2.75) is 6.42 Å². The summed E-state index contributed by atoms with van der Waals surface area (Å²) in [7, 11) is 3.09. The number of hydrogen-bond acceptors (Lipinski definition) is 5. The highest BCUT2D eigenvalue weighted by molar-refractivity contribution is 5.93. The number of carbonyl (C=O) groups is 2. The van der Waals surface area contributed by atoms with Crippen LogP contribution in [0.15, 0.2) is 24.3 Å². The van der Waals surface area contributed by atoms with Crippen LogP contribution in [-0.4, -0.2) is 75.4 Å². The topological polar surface area (TPSA) is 71.1 Å².